The Labute approximate surface area is 178 Å². The normalized spacial score (nSPS) is 18.4. The van der Waals surface area contributed by atoms with Gasteiger partial charge < -0.3 is 9.64 Å². The Morgan fingerprint density at radius 2 is 2.03 bits per heavy atom. The Balaban J connectivity index is 1.57. The second-order valence-corrected chi connectivity index (χ2v) is 8.51. The van der Waals surface area contributed by atoms with Crippen molar-refractivity contribution in [2.45, 2.75) is 25.3 Å². The lowest BCUT2D eigenvalue weighted by molar-refractivity contribution is -0.142. The average molecular weight is 430 g/mol. The first-order valence-corrected chi connectivity index (χ1v) is 10.9. The van der Waals surface area contributed by atoms with E-state index in [0.29, 0.717) is 19.6 Å². The zero-order chi connectivity index (χ0) is 21.1. The highest BCUT2D eigenvalue weighted by Gasteiger charge is 2.37. The number of methoxy groups -OCH3 is 1. The van der Waals surface area contributed by atoms with Crippen LogP contribution < -0.4 is 0 Å². The molecule has 0 unspecified atom stereocenters. The van der Waals surface area contributed by atoms with Gasteiger partial charge in [-0.1, -0.05) is 18.2 Å². The fraction of sp³-hybridized carbons (Fsp3) is 0.409. The van der Waals surface area contributed by atoms with E-state index in [-0.39, 0.29) is 36.1 Å². The number of nitrogens with zero attached hydrogens (tertiary/aromatic N) is 3. The van der Waals surface area contributed by atoms with Gasteiger partial charge in [-0.2, -0.15) is 5.10 Å². The molecule has 0 radical (unpaired) electrons. The SMILES string of the molecule is COCCN(CC(=O)N1N=C(c2cccs2)C[C@H]1c1ccc(F)cc1)C(=O)C1CC1. The zero-order valence-electron chi connectivity index (χ0n) is 16.8. The van der Waals surface area contributed by atoms with Crippen LogP contribution in [-0.2, 0) is 14.3 Å². The van der Waals surface area contributed by atoms with Crippen molar-refractivity contribution in [2.24, 2.45) is 11.0 Å². The van der Waals surface area contributed by atoms with Crippen molar-refractivity contribution >= 4 is 28.9 Å². The molecule has 30 heavy (non-hydrogen) atoms. The molecule has 6 nitrogen and oxygen atoms in total. The Hall–Kier alpha value is -2.58. The molecule has 2 aromatic rings. The number of hydrazone groups is 1. The highest BCUT2D eigenvalue weighted by atomic mass is 32.1. The minimum absolute atomic E-state index is 0.000360. The van der Waals surface area contributed by atoms with Gasteiger partial charge in [0.05, 0.1) is 23.2 Å². The van der Waals surface area contributed by atoms with Gasteiger partial charge in [0.15, 0.2) is 0 Å². The van der Waals surface area contributed by atoms with Crippen LogP contribution in [-0.4, -0.2) is 54.2 Å². The third-order valence-corrected chi connectivity index (χ3v) is 6.27. The topological polar surface area (TPSA) is 62.2 Å². The number of ether oxygens (including phenoxy) is 1. The summed E-state index contributed by atoms with van der Waals surface area (Å²) in [7, 11) is 1.57. The average Bonchev–Trinajstić information content (AvgIpc) is 3.26. The lowest BCUT2D eigenvalue weighted by Crippen LogP contribution is -2.43. The van der Waals surface area contributed by atoms with Crippen molar-refractivity contribution in [1.29, 1.82) is 0 Å². The molecule has 2 amide bonds. The second kappa shape index (κ2) is 9.06. The summed E-state index contributed by atoms with van der Waals surface area (Å²) in [6.45, 7) is 0.697. The Kier molecular flexibility index (Phi) is 6.24. The predicted molar refractivity (Wildman–Crippen MR) is 113 cm³/mol. The number of carbonyl (C=O) groups is 2. The highest BCUT2D eigenvalue weighted by molar-refractivity contribution is 7.12. The lowest BCUT2D eigenvalue weighted by atomic mass is 10.0. The molecule has 1 atom stereocenters. The molecule has 0 N–H and O–H groups in total. The maximum absolute atomic E-state index is 13.4. The van der Waals surface area contributed by atoms with Crippen LogP contribution >= 0.6 is 11.3 Å². The number of benzene rings is 1. The van der Waals surface area contributed by atoms with Crippen molar-refractivity contribution in [3.63, 3.8) is 0 Å². The number of thiophene rings is 1. The van der Waals surface area contributed by atoms with E-state index in [1.165, 1.54) is 17.1 Å². The summed E-state index contributed by atoms with van der Waals surface area (Å²) in [4.78, 5) is 28.4. The van der Waals surface area contributed by atoms with Gasteiger partial charge in [-0.3, -0.25) is 9.59 Å². The number of hydrogen-bond donors (Lipinski definition) is 0. The van der Waals surface area contributed by atoms with Crippen molar-refractivity contribution < 1.29 is 18.7 Å². The van der Waals surface area contributed by atoms with Crippen LogP contribution in [0, 0.1) is 11.7 Å². The van der Waals surface area contributed by atoms with Crippen molar-refractivity contribution in [1.82, 2.24) is 9.91 Å². The molecule has 1 saturated carbocycles. The standard InChI is InChI=1S/C22H24FN3O3S/c1-29-11-10-25(22(28)16-4-5-16)14-21(27)26-19(15-6-8-17(23)9-7-15)13-18(24-26)20-3-2-12-30-20/h2-3,6-9,12,16,19H,4-5,10-11,13-14H2,1H3/t19-/m0/s1. The molecule has 1 aromatic heterocycles. The molecular formula is C22H24FN3O3S. The van der Waals surface area contributed by atoms with Crippen LogP contribution in [0.15, 0.2) is 46.9 Å². The third kappa shape index (κ3) is 4.60. The van der Waals surface area contributed by atoms with Crippen molar-refractivity contribution in [3.05, 3.63) is 58.0 Å². The summed E-state index contributed by atoms with van der Waals surface area (Å²) in [5, 5.41) is 8.04. The number of carbonyl (C=O) groups excluding carboxylic acids is 2. The molecule has 1 aliphatic carbocycles. The molecule has 4 rings (SSSR count). The smallest absolute Gasteiger partial charge is 0.262 e. The zero-order valence-corrected chi connectivity index (χ0v) is 17.6. The van der Waals surface area contributed by atoms with Crippen LogP contribution in [0.25, 0.3) is 0 Å². The van der Waals surface area contributed by atoms with Crippen LogP contribution in [0.3, 0.4) is 0 Å². The molecule has 0 spiro atoms. The third-order valence-electron chi connectivity index (χ3n) is 5.36. The van der Waals surface area contributed by atoms with E-state index in [0.717, 1.165) is 29.0 Å². The van der Waals surface area contributed by atoms with E-state index in [9.17, 15) is 14.0 Å². The second-order valence-electron chi connectivity index (χ2n) is 7.56. The maximum atomic E-state index is 13.4. The molecule has 0 bridgehead atoms. The van der Waals surface area contributed by atoms with Gasteiger partial charge in [-0.05, 0) is 42.0 Å². The van der Waals surface area contributed by atoms with Crippen LogP contribution in [0.5, 0.6) is 0 Å². The summed E-state index contributed by atoms with van der Waals surface area (Å²) in [6.07, 6.45) is 2.30. The first-order chi connectivity index (χ1) is 14.6. The van der Waals surface area contributed by atoms with E-state index in [1.54, 1.807) is 35.5 Å². The lowest BCUT2D eigenvalue weighted by Gasteiger charge is -2.27. The van der Waals surface area contributed by atoms with Gasteiger partial charge in [-0.15, -0.1) is 11.3 Å². The highest BCUT2D eigenvalue weighted by Crippen LogP contribution is 2.35. The fourth-order valence-corrected chi connectivity index (χ4v) is 4.29. The fourth-order valence-electron chi connectivity index (χ4n) is 3.57. The Morgan fingerprint density at radius 3 is 2.67 bits per heavy atom. The molecular weight excluding hydrogens is 405 g/mol. The molecule has 8 heteroatoms. The van der Waals surface area contributed by atoms with Gasteiger partial charge in [-0.25, -0.2) is 9.40 Å². The molecule has 1 fully saturated rings. The quantitative estimate of drug-likeness (QED) is 0.646. The number of rotatable bonds is 8. The van der Waals surface area contributed by atoms with Crippen LogP contribution in [0.2, 0.25) is 0 Å². The van der Waals surface area contributed by atoms with Gasteiger partial charge in [0.25, 0.3) is 5.91 Å². The van der Waals surface area contributed by atoms with Crippen molar-refractivity contribution in [2.75, 3.05) is 26.8 Å². The molecule has 2 heterocycles. The summed E-state index contributed by atoms with van der Waals surface area (Å²) in [5.41, 5.74) is 1.64. The summed E-state index contributed by atoms with van der Waals surface area (Å²) in [5.74, 6) is -0.553. The summed E-state index contributed by atoms with van der Waals surface area (Å²) in [6, 6.07) is 9.75. The van der Waals surface area contributed by atoms with Crippen LogP contribution in [0.4, 0.5) is 4.39 Å². The monoisotopic (exact) mass is 429 g/mol. The molecule has 2 aliphatic rings. The van der Waals surface area contributed by atoms with E-state index >= 15 is 0 Å². The minimum Gasteiger partial charge on any atom is -0.383 e. The van der Waals surface area contributed by atoms with E-state index in [4.69, 9.17) is 4.74 Å². The minimum atomic E-state index is -0.324. The molecule has 1 aromatic carbocycles. The predicted octanol–water partition coefficient (Wildman–Crippen LogP) is 3.45. The Bertz CT molecular complexity index is 926. The van der Waals surface area contributed by atoms with Gasteiger partial charge in [0, 0.05) is 26.0 Å². The summed E-state index contributed by atoms with van der Waals surface area (Å²) >= 11 is 1.57. The molecule has 158 valence electrons. The number of halogens is 1. The Morgan fingerprint density at radius 1 is 1.27 bits per heavy atom. The van der Waals surface area contributed by atoms with Gasteiger partial charge in [0.2, 0.25) is 5.91 Å². The van der Waals surface area contributed by atoms with Gasteiger partial charge >= 0.3 is 0 Å². The van der Waals surface area contributed by atoms with E-state index in [2.05, 4.69) is 5.10 Å². The molecule has 0 saturated heterocycles. The van der Waals surface area contributed by atoms with Gasteiger partial charge in [0.1, 0.15) is 12.4 Å². The first-order valence-electron chi connectivity index (χ1n) is 10.0. The van der Waals surface area contributed by atoms with Crippen LogP contribution in [0.1, 0.15) is 35.7 Å². The summed E-state index contributed by atoms with van der Waals surface area (Å²) < 4.78 is 18.5. The van der Waals surface area contributed by atoms with Crippen molar-refractivity contribution in [3.8, 4) is 0 Å². The maximum Gasteiger partial charge on any atom is 0.262 e. The molecule has 1 aliphatic heterocycles. The van der Waals surface area contributed by atoms with E-state index in [1.807, 2.05) is 17.5 Å². The number of hydrogen-bond acceptors (Lipinski definition) is 5. The number of amides is 2. The first kappa shape index (κ1) is 20.7. The largest absolute Gasteiger partial charge is 0.383 e. The van der Waals surface area contributed by atoms with E-state index < -0.39 is 0 Å².